The van der Waals surface area contributed by atoms with E-state index in [4.69, 9.17) is 14.2 Å². The summed E-state index contributed by atoms with van der Waals surface area (Å²) in [6, 6.07) is 14.6. The number of carbonyl (C=O) groups is 1. The number of urea groups is 1. The zero-order chi connectivity index (χ0) is 20.1. The van der Waals surface area contributed by atoms with Crippen molar-refractivity contribution in [2.24, 2.45) is 0 Å². The van der Waals surface area contributed by atoms with E-state index in [0.29, 0.717) is 36.9 Å². The Morgan fingerprint density at radius 1 is 1.28 bits per heavy atom. The highest BCUT2D eigenvalue weighted by Crippen LogP contribution is 2.31. The number of nitrogens with one attached hydrogen (secondary N) is 1. The molecular formula is C21H21N3O4S. The van der Waals surface area contributed by atoms with Crippen LogP contribution < -0.4 is 19.5 Å². The number of aromatic nitrogens is 1. The minimum atomic E-state index is -0.232. The SMILES string of the molecule is CN(CC1COc2ccccc2O1)C(=O)Nc1cccc(OCc2cscn2)c1. The number of anilines is 1. The third kappa shape index (κ3) is 4.97. The Balaban J connectivity index is 1.30. The maximum atomic E-state index is 12.6. The van der Waals surface area contributed by atoms with Crippen LogP contribution in [0.1, 0.15) is 5.69 Å². The van der Waals surface area contributed by atoms with Crippen molar-refractivity contribution < 1.29 is 19.0 Å². The molecule has 1 unspecified atom stereocenters. The molecule has 0 spiro atoms. The average molecular weight is 411 g/mol. The topological polar surface area (TPSA) is 72.9 Å². The Hall–Kier alpha value is -3.26. The summed E-state index contributed by atoms with van der Waals surface area (Å²) >= 11 is 1.53. The van der Waals surface area contributed by atoms with E-state index in [0.717, 1.165) is 11.4 Å². The second kappa shape index (κ2) is 8.83. The lowest BCUT2D eigenvalue weighted by atomic mass is 10.2. The molecule has 29 heavy (non-hydrogen) atoms. The maximum absolute atomic E-state index is 12.6. The lowest BCUT2D eigenvalue weighted by Crippen LogP contribution is -2.43. The Labute approximate surface area is 172 Å². The molecule has 3 aromatic rings. The van der Waals surface area contributed by atoms with Gasteiger partial charge < -0.3 is 24.4 Å². The minimum absolute atomic E-state index is 0.228. The third-order valence-electron chi connectivity index (χ3n) is 4.35. The van der Waals surface area contributed by atoms with Gasteiger partial charge in [0.1, 0.15) is 19.0 Å². The molecule has 1 aromatic heterocycles. The van der Waals surface area contributed by atoms with Gasteiger partial charge in [0, 0.05) is 24.2 Å². The molecule has 0 saturated heterocycles. The van der Waals surface area contributed by atoms with Crippen LogP contribution in [0.3, 0.4) is 0 Å². The summed E-state index contributed by atoms with van der Waals surface area (Å²) in [4.78, 5) is 18.3. The number of hydrogen-bond acceptors (Lipinski definition) is 6. The smallest absolute Gasteiger partial charge is 0.321 e. The van der Waals surface area contributed by atoms with Gasteiger partial charge in [-0.2, -0.15) is 0 Å². The first kappa shape index (κ1) is 19.1. The quantitative estimate of drug-likeness (QED) is 0.663. The molecular weight excluding hydrogens is 390 g/mol. The standard InChI is InChI=1S/C21H21N3O4S/c1-24(10-18-12-27-19-7-2-3-8-20(19)28-18)21(25)23-15-5-4-6-17(9-15)26-11-16-13-29-14-22-16/h2-9,13-14,18H,10-12H2,1H3,(H,23,25). The summed E-state index contributed by atoms with van der Waals surface area (Å²) in [5.41, 5.74) is 3.30. The van der Waals surface area contributed by atoms with Crippen molar-refractivity contribution in [2.75, 3.05) is 25.5 Å². The number of para-hydroxylation sites is 2. The van der Waals surface area contributed by atoms with Crippen molar-refractivity contribution in [3.8, 4) is 17.2 Å². The van der Waals surface area contributed by atoms with Gasteiger partial charge in [0.2, 0.25) is 0 Å². The van der Waals surface area contributed by atoms with Gasteiger partial charge in [0.15, 0.2) is 17.6 Å². The van der Waals surface area contributed by atoms with Crippen LogP contribution in [0.4, 0.5) is 10.5 Å². The van der Waals surface area contributed by atoms with E-state index in [2.05, 4.69) is 10.3 Å². The molecule has 2 heterocycles. The van der Waals surface area contributed by atoms with Gasteiger partial charge >= 0.3 is 6.03 Å². The van der Waals surface area contributed by atoms with Crippen molar-refractivity contribution >= 4 is 23.1 Å². The molecule has 0 saturated carbocycles. The Kier molecular flexibility index (Phi) is 5.81. The number of nitrogens with zero attached hydrogens (tertiary/aromatic N) is 2. The molecule has 0 bridgehead atoms. The third-order valence-corrected chi connectivity index (χ3v) is 4.98. The van der Waals surface area contributed by atoms with Gasteiger partial charge in [-0.1, -0.05) is 18.2 Å². The fourth-order valence-corrected chi connectivity index (χ4v) is 3.43. The summed E-state index contributed by atoms with van der Waals surface area (Å²) in [6.07, 6.45) is -0.228. The van der Waals surface area contributed by atoms with E-state index in [9.17, 15) is 4.79 Å². The molecule has 4 rings (SSSR count). The molecule has 1 N–H and O–H groups in total. The zero-order valence-electron chi connectivity index (χ0n) is 15.9. The lowest BCUT2D eigenvalue weighted by Gasteiger charge is -2.29. The highest BCUT2D eigenvalue weighted by atomic mass is 32.1. The van der Waals surface area contributed by atoms with Gasteiger partial charge in [-0.15, -0.1) is 11.3 Å². The average Bonchev–Trinajstić information content (AvgIpc) is 3.26. The van der Waals surface area contributed by atoms with Crippen molar-refractivity contribution in [3.63, 3.8) is 0 Å². The number of benzene rings is 2. The normalized spacial score (nSPS) is 14.9. The van der Waals surface area contributed by atoms with Gasteiger partial charge in [0.25, 0.3) is 0 Å². The fourth-order valence-electron chi connectivity index (χ4n) is 2.89. The summed E-state index contributed by atoms with van der Waals surface area (Å²) in [7, 11) is 1.72. The largest absolute Gasteiger partial charge is 0.487 e. The van der Waals surface area contributed by atoms with Gasteiger partial charge in [0.05, 0.1) is 17.7 Å². The van der Waals surface area contributed by atoms with E-state index in [1.807, 2.05) is 47.8 Å². The van der Waals surface area contributed by atoms with Gasteiger partial charge in [-0.3, -0.25) is 0 Å². The van der Waals surface area contributed by atoms with Gasteiger partial charge in [-0.05, 0) is 24.3 Å². The number of amides is 2. The summed E-state index contributed by atoms with van der Waals surface area (Å²) in [6.45, 7) is 1.19. The molecule has 0 aliphatic carbocycles. The van der Waals surface area contributed by atoms with E-state index in [1.165, 1.54) is 11.3 Å². The van der Waals surface area contributed by atoms with Crippen molar-refractivity contribution in [1.82, 2.24) is 9.88 Å². The molecule has 7 nitrogen and oxygen atoms in total. The van der Waals surface area contributed by atoms with E-state index in [-0.39, 0.29) is 12.1 Å². The number of rotatable bonds is 6. The summed E-state index contributed by atoms with van der Waals surface area (Å²) in [5.74, 6) is 2.09. The summed E-state index contributed by atoms with van der Waals surface area (Å²) < 4.78 is 17.4. The van der Waals surface area contributed by atoms with Crippen LogP contribution in [0.25, 0.3) is 0 Å². The van der Waals surface area contributed by atoms with Crippen molar-refractivity contribution in [1.29, 1.82) is 0 Å². The molecule has 8 heteroatoms. The molecule has 0 radical (unpaired) electrons. The fraction of sp³-hybridized carbons (Fsp3) is 0.238. The van der Waals surface area contributed by atoms with Crippen LogP contribution in [-0.2, 0) is 6.61 Å². The Morgan fingerprint density at radius 2 is 2.14 bits per heavy atom. The lowest BCUT2D eigenvalue weighted by molar-refractivity contribution is 0.0731. The van der Waals surface area contributed by atoms with Crippen LogP contribution in [0.5, 0.6) is 17.2 Å². The number of carbonyl (C=O) groups excluding carboxylic acids is 1. The Morgan fingerprint density at radius 3 is 2.97 bits per heavy atom. The zero-order valence-corrected chi connectivity index (χ0v) is 16.7. The van der Waals surface area contributed by atoms with E-state index in [1.54, 1.807) is 23.5 Å². The van der Waals surface area contributed by atoms with Crippen LogP contribution in [0.2, 0.25) is 0 Å². The first-order valence-corrected chi connectivity index (χ1v) is 10.1. The second-order valence-corrected chi connectivity index (χ2v) is 7.32. The maximum Gasteiger partial charge on any atom is 0.321 e. The van der Waals surface area contributed by atoms with Crippen molar-refractivity contribution in [3.05, 3.63) is 65.1 Å². The summed E-state index contributed by atoms with van der Waals surface area (Å²) in [5, 5.41) is 4.82. The predicted molar refractivity (Wildman–Crippen MR) is 111 cm³/mol. The molecule has 1 atom stereocenters. The van der Waals surface area contributed by atoms with E-state index >= 15 is 0 Å². The highest BCUT2D eigenvalue weighted by molar-refractivity contribution is 7.07. The monoisotopic (exact) mass is 411 g/mol. The van der Waals surface area contributed by atoms with Crippen LogP contribution in [0.15, 0.2) is 59.4 Å². The number of thiazole rings is 1. The molecule has 1 aliphatic rings. The van der Waals surface area contributed by atoms with E-state index < -0.39 is 0 Å². The molecule has 0 fully saturated rings. The predicted octanol–water partition coefficient (Wildman–Crippen LogP) is 4.03. The number of hydrogen-bond donors (Lipinski definition) is 1. The second-order valence-electron chi connectivity index (χ2n) is 6.60. The van der Waals surface area contributed by atoms with Crippen LogP contribution in [0, 0.1) is 0 Å². The Bertz CT molecular complexity index is 964. The van der Waals surface area contributed by atoms with Crippen LogP contribution in [-0.4, -0.2) is 42.2 Å². The molecule has 150 valence electrons. The minimum Gasteiger partial charge on any atom is -0.487 e. The molecule has 1 aliphatic heterocycles. The molecule has 2 aromatic carbocycles. The molecule has 2 amide bonds. The van der Waals surface area contributed by atoms with Crippen LogP contribution >= 0.6 is 11.3 Å². The van der Waals surface area contributed by atoms with Gasteiger partial charge in [-0.25, -0.2) is 9.78 Å². The number of likely N-dealkylation sites (N-methyl/N-ethyl adjacent to an activating group) is 1. The first-order valence-electron chi connectivity index (χ1n) is 9.18. The number of fused-ring (bicyclic) bond motifs is 1. The highest BCUT2D eigenvalue weighted by Gasteiger charge is 2.23. The first-order chi connectivity index (χ1) is 14.2. The number of ether oxygens (including phenoxy) is 3. The van der Waals surface area contributed by atoms with Crippen molar-refractivity contribution in [2.45, 2.75) is 12.7 Å².